The normalized spacial score (nSPS) is 20.1. The van der Waals surface area contributed by atoms with Gasteiger partial charge in [-0.3, -0.25) is 0 Å². The predicted molar refractivity (Wildman–Crippen MR) is 58.3 cm³/mol. The van der Waals surface area contributed by atoms with Crippen molar-refractivity contribution in [2.24, 2.45) is 11.8 Å². The lowest BCUT2D eigenvalue weighted by molar-refractivity contribution is 0.430. The maximum absolute atomic E-state index is 3.73. The van der Waals surface area contributed by atoms with Crippen molar-refractivity contribution in [1.29, 1.82) is 0 Å². The highest BCUT2D eigenvalue weighted by molar-refractivity contribution is 5.07. The third-order valence-electron chi connectivity index (χ3n) is 2.66. The second-order valence-electron chi connectivity index (χ2n) is 4.05. The molecule has 72 valence electrons. The van der Waals surface area contributed by atoms with Gasteiger partial charge in [0.15, 0.2) is 0 Å². The van der Waals surface area contributed by atoms with Crippen LogP contribution in [0.1, 0.15) is 45.4 Å². The fourth-order valence-corrected chi connectivity index (χ4v) is 1.82. The van der Waals surface area contributed by atoms with E-state index >= 15 is 0 Å². The van der Waals surface area contributed by atoms with E-state index in [1.54, 1.807) is 0 Å². The van der Waals surface area contributed by atoms with Gasteiger partial charge in [-0.1, -0.05) is 44.1 Å². The van der Waals surface area contributed by atoms with Crippen LogP contribution in [0.5, 0.6) is 0 Å². The minimum absolute atomic E-state index is 0.499. The van der Waals surface area contributed by atoms with Crippen LogP contribution in [-0.4, -0.2) is 0 Å². The van der Waals surface area contributed by atoms with Crippen molar-refractivity contribution in [3.8, 4) is 11.8 Å². The minimum atomic E-state index is 0.499. The molecule has 0 heteroatoms. The Kier molecular flexibility index (Phi) is 4.68. The Morgan fingerprint density at radius 2 is 2.08 bits per heavy atom. The van der Waals surface area contributed by atoms with Crippen molar-refractivity contribution in [1.82, 2.24) is 0 Å². The minimum Gasteiger partial charge on any atom is -0.103 e. The Morgan fingerprint density at radius 1 is 1.38 bits per heavy atom. The third-order valence-corrected chi connectivity index (χ3v) is 2.66. The number of hydrogen-bond donors (Lipinski definition) is 0. The molecule has 0 aliphatic heterocycles. The fraction of sp³-hybridized carbons (Fsp3) is 0.692. The van der Waals surface area contributed by atoms with Crippen LogP contribution in [0.25, 0.3) is 0 Å². The zero-order chi connectivity index (χ0) is 9.52. The average Bonchev–Trinajstić information content (AvgIpc) is 2.17. The summed E-state index contributed by atoms with van der Waals surface area (Å²) in [7, 11) is 0. The number of hydrogen-bond acceptors (Lipinski definition) is 0. The Labute approximate surface area is 82.4 Å². The first-order chi connectivity index (χ1) is 6.33. The molecule has 0 saturated heterocycles. The summed E-state index contributed by atoms with van der Waals surface area (Å²) in [5.74, 6) is 7.94. The van der Waals surface area contributed by atoms with Crippen LogP contribution in [0.2, 0.25) is 0 Å². The summed E-state index contributed by atoms with van der Waals surface area (Å²) in [6, 6.07) is 0. The second kappa shape index (κ2) is 5.86. The lowest BCUT2D eigenvalue weighted by atomic mass is 9.89. The van der Waals surface area contributed by atoms with Crippen molar-refractivity contribution in [2.75, 3.05) is 0 Å². The lowest BCUT2D eigenvalue weighted by Gasteiger charge is -2.15. The smallest absolute Gasteiger partial charge is 0.0209 e. The van der Waals surface area contributed by atoms with Crippen molar-refractivity contribution in [3.05, 3.63) is 12.7 Å². The summed E-state index contributed by atoms with van der Waals surface area (Å²) in [4.78, 5) is 0. The van der Waals surface area contributed by atoms with Crippen LogP contribution in [0.3, 0.4) is 0 Å². The van der Waals surface area contributed by atoms with Crippen molar-refractivity contribution < 1.29 is 0 Å². The molecule has 1 atom stereocenters. The summed E-state index contributed by atoms with van der Waals surface area (Å²) in [5, 5.41) is 0. The van der Waals surface area contributed by atoms with E-state index in [0.717, 1.165) is 6.42 Å². The standard InChI is InChI=1S/C13H20/c1-3-7-12(2)10-11-13-8-5-4-6-9-13/h3,12-13H,1,4-9H2,2H3. The molecule has 0 bridgehead atoms. The van der Waals surface area contributed by atoms with Crippen LogP contribution in [-0.2, 0) is 0 Å². The molecule has 0 heterocycles. The molecule has 0 amide bonds. The fourth-order valence-electron chi connectivity index (χ4n) is 1.82. The molecule has 0 N–H and O–H groups in total. The molecule has 0 nitrogen and oxygen atoms in total. The monoisotopic (exact) mass is 176 g/mol. The molecule has 1 saturated carbocycles. The summed E-state index contributed by atoms with van der Waals surface area (Å²) in [6.07, 6.45) is 9.83. The highest BCUT2D eigenvalue weighted by Crippen LogP contribution is 2.22. The van der Waals surface area contributed by atoms with Gasteiger partial charge in [-0.25, -0.2) is 0 Å². The van der Waals surface area contributed by atoms with Gasteiger partial charge in [0.25, 0.3) is 0 Å². The van der Waals surface area contributed by atoms with Gasteiger partial charge in [0.05, 0.1) is 0 Å². The molecule has 0 spiro atoms. The topological polar surface area (TPSA) is 0 Å². The van der Waals surface area contributed by atoms with Gasteiger partial charge in [-0.05, 0) is 19.3 Å². The summed E-state index contributed by atoms with van der Waals surface area (Å²) < 4.78 is 0. The van der Waals surface area contributed by atoms with Crippen LogP contribution in [0.15, 0.2) is 12.7 Å². The van der Waals surface area contributed by atoms with E-state index in [9.17, 15) is 0 Å². The first-order valence-electron chi connectivity index (χ1n) is 5.45. The molecule has 1 rings (SSSR count). The van der Waals surface area contributed by atoms with Crippen LogP contribution < -0.4 is 0 Å². The quantitative estimate of drug-likeness (QED) is 0.443. The lowest BCUT2D eigenvalue weighted by Crippen LogP contribution is -2.03. The van der Waals surface area contributed by atoms with Crippen LogP contribution in [0, 0.1) is 23.7 Å². The molecule has 1 aliphatic carbocycles. The molecule has 1 aliphatic rings. The Bertz CT molecular complexity index is 198. The molecule has 0 aromatic rings. The second-order valence-corrected chi connectivity index (χ2v) is 4.05. The number of rotatable bonds is 2. The molecule has 1 unspecified atom stereocenters. The van der Waals surface area contributed by atoms with Gasteiger partial charge in [-0.2, -0.15) is 0 Å². The molecule has 13 heavy (non-hydrogen) atoms. The molecular formula is C13H20. The van der Waals surface area contributed by atoms with Gasteiger partial charge in [-0.15, -0.1) is 6.58 Å². The number of allylic oxidation sites excluding steroid dienone is 1. The van der Waals surface area contributed by atoms with Crippen LogP contribution in [0.4, 0.5) is 0 Å². The highest BCUT2D eigenvalue weighted by atomic mass is 14.1. The largest absolute Gasteiger partial charge is 0.103 e. The van der Waals surface area contributed by atoms with Gasteiger partial charge in [0.2, 0.25) is 0 Å². The Hall–Kier alpha value is -0.700. The van der Waals surface area contributed by atoms with E-state index in [-0.39, 0.29) is 0 Å². The maximum atomic E-state index is 3.73. The van der Waals surface area contributed by atoms with E-state index in [0.29, 0.717) is 11.8 Å². The van der Waals surface area contributed by atoms with Crippen molar-refractivity contribution in [3.63, 3.8) is 0 Å². The third kappa shape index (κ3) is 4.18. The zero-order valence-electron chi connectivity index (χ0n) is 8.68. The van der Waals surface area contributed by atoms with E-state index in [2.05, 4.69) is 25.3 Å². The van der Waals surface area contributed by atoms with Crippen molar-refractivity contribution in [2.45, 2.75) is 45.4 Å². The first kappa shape index (κ1) is 10.4. The van der Waals surface area contributed by atoms with Gasteiger partial charge < -0.3 is 0 Å². The average molecular weight is 176 g/mol. The SMILES string of the molecule is C=CCC(C)C#CC1CCCCC1. The molecule has 1 fully saturated rings. The van der Waals surface area contributed by atoms with E-state index < -0.39 is 0 Å². The molecular weight excluding hydrogens is 156 g/mol. The summed E-state index contributed by atoms with van der Waals surface area (Å²) >= 11 is 0. The van der Waals surface area contributed by atoms with E-state index in [1.807, 2.05) is 6.08 Å². The van der Waals surface area contributed by atoms with Crippen LogP contribution >= 0.6 is 0 Å². The molecule has 0 aromatic carbocycles. The zero-order valence-corrected chi connectivity index (χ0v) is 8.68. The maximum Gasteiger partial charge on any atom is 0.0209 e. The van der Waals surface area contributed by atoms with Gasteiger partial charge >= 0.3 is 0 Å². The first-order valence-corrected chi connectivity index (χ1v) is 5.45. The van der Waals surface area contributed by atoms with E-state index in [4.69, 9.17) is 0 Å². The van der Waals surface area contributed by atoms with Crippen molar-refractivity contribution >= 4 is 0 Å². The van der Waals surface area contributed by atoms with E-state index in [1.165, 1.54) is 32.1 Å². The van der Waals surface area contributed by atoms with Gasteiger partial charge in [0.1, 0.15) is 0 Å². The summed E-state index contributed by atoms with van der Waals surface area (Å²) in [5.41, 5.74) is 0. The Morgan fingerprint density at radius 3 is 2.69 bits per heavy atom. The summed E-state index contributed by atoms with van der Waals surface area (Å²) in [6.45, 7) is 5.91. The molecule has 0 radical (unpaired) electrons. The molecule has 0 aromatic heterocycles. The highest BCUT2D eigenvalue weighted by Gasteiger charge is 2.09. The Balaban J connectivity index is 2.31. The predicted octanol–water partition coefficient (Wildman–Crippen LogP) is 3.78. The van der Waals surface area contributed by atoms with Gasteiger partial charge in [0, 0.05) is 11.8 Å².